The molecule has 0 radical (unpaired) electrons. The van der Waals surface area contributed by atoms with Crippen LogP contribution in [-0.2, 0) is 19.1 Å². The van der Waals surface area contributed by atoms with E-state index in [0.717, 1.165) is 6.42 Å². The summed E-state index contributed by atoms with van der Waals surface area (Å²) in [4.78, 5) is 25.1. The van der Waals surface area contributed by atoms with Crippen molar-refractivity contribution in [3.05, 3.63) is 0 Å². The predicted molar refractivity (Wildman–Crippen MR) is 75.0 cm³/mol. The smallest absolute Gasteiger partial charge is 0.320 e. The SMILES string of the molecule is COC(=O)CC1CC(N)CN(CC(=O)OC(C)(C)C)C1. The first-order chi connectivity index (χ1) is 9.19. The van der Waals surface area contributed by atoms with Crippen LogP contribution in [0.1, 0.15) is 33.6 Å². The molecule has 1 saturated heterocycles. The molecular weight excluding hydrogens is 260 g/mol. The number of carbonyl (C=O) groups excluding carboxylic acids is 2. The third-order valence-electron chi connectivity index (χ3n) is 3.10. The van der Waals surface area contributed by atoms with Gasteiger partial charge in [0.2, 0.25) is 0 Å². The van der Waals surface area contributed by atoms with Crippen molar-refractivity contribution in [3.63, 3.8) is 0 Å². The van der Waals surface area contributed by atoms with Crippen molar-refractivity contribution in [1.82, 2.24) is 4.90 Å². The van der Waals surface area contributed by atoms with E-state index < -0.39 is 5.60 Å². The fraction of sp³-hybridized carbons (Fsp3) is 0.857. The van der Waals surface area contributed by atoms with E-state index in [-0.39, 0.29) is 30.4 Å². The molecule has 20 heavy (non-hydrogen) atoms. The molecular formula is C14H26N2O4. The van der Waals surface area contributed by atoms with Crippen molar-refractivity contribution in [2.45, 2.75) is 45.3 Å². The van der Waals surface area contributed by atoms with Gasteiger partial charge >= 0.3 is 11.9 Å². The summed E-state index contributed by atoms with van der Waals surface area (Å²) in [5.74, 6) is -0.363. The molecule has 0 aromatic rings. The first kappa shape index (κ1) is 16.9. The molecule has 0 aromatic heterocycles. The van der Waals surface area contributed by atoms with Gasteiger partial charge in [-0.3, -0.25) is 14.5 Å². The molecule has 6 heteroatoms. The Labute approximate surface area is 120 Å². The van der Waals surface area contributed by atoms with Crippen molar-refractivity contribution in [2.24, 2.45) is 11.7 Å². The molecule has 0 spiro atoms. The lowest BCUT2D eigenvalue weighted by molar-refractivity contribution is -0.156. The van der Waals surface area contributed by atoms with Gasteiger partial charge in [-0.2, -0.15) is 0 Å². The molecule has 0 amide bonds. The van der Waals surface area contributed by atoms with Gasteiger partial charge in [0.1, 0.15) is 5.60 Å². The third-order valence-corrected chi connectivity index (χ3v) is 3.10. The maximum absolute atomic E-state index is 11.8. The number of hydrogen-bond donors (Lipinski definition) is 1. The Morgan fingerprint density at radius 2 is 1.90 bits per heavy atom. The zero-order valence-corrected chi connectivity index (χ0v) is 12.8. The molecule has 0 saturated carbocycles. The molecule has 0 aliphatic carbocycles. The quantitative estimate of drug-likeness (QED) is 0.760. The highest BCUT2D eigenvalue weighted by Crippen LogP contribution is 2.20. The Kier molecular flexibility index (Phi) is 5.95. The van der Waals surface area contributed by atoms with Crippen LogP contribution in [-0.4, -0.2) is 55.2 Å². The number of carbonyl (C=O) groups is 2. The van der Waals surface area contributed by atoms with Gasteiger partial charge in [-0.25, -0.2) is 0 Å². The highest BCUT2D eigenvalue weighted by atomic mass is 16.6. The lowest BCUT2D eigenvalue weighted by atomic mass is 9.92. The Morgan fingerprint density at radius 3 is 2.45 bits per heavy atom. The number of nitrogens with two attached hydrogens (primary N) is 1. The standard InChI is InChI=1S/C14H26N2O4/c1-14(2,3)20-13(18)9-16-7-10(5-11(15)8-16)6-12(17)19-4/h10-11H,5-9,15H2,1-4H3. The van der Waals surface area contributed by atoms with Crippen molar-refractivity contribution in [3.8, 4) is 0 Å². The number of likely N-dealkylation sites (tertiary alicyclic amines) is 1. The Balaban J connectivity index is 2.49. The summed E-state index contributed by atoms with van der Waals surface area (Å²) >= 11 is 0. The number of nitrogens with zero attached hydrogens (tertiary/aromatic N) is 1. The summed E-state index contributed by atoms with van der Waals surface area (Å²) in [6.45, 7) is 7.05. The number of hydrogen-bond acceptors (Lipinski definition) is 6. The Bertz CT molecular complexity index is 352. The molecule has 2 atom stereocenters. The second-order valence-corrected chi connectivity index (χ2v) is 6.42. The zero-order chi connectivity index (χ0) is 15.3. The maximum atomic E-state index is 11.8. The van der Waals surface area contributed by atoms with Crippen molar-refractivity contribution in [2.75, 3.05) is 26.7 Å². The van der Waals surface area contributed by atoms with Crippen LogP contribution < -0.4 is 5.73 Å². The summed E-state index contributed by atoms with van der Waals surface area (Å²) in [5.41, 5.74) is 5.50. The zero-order valence-electron chi connectivity index (χ0n) is 12.8. The van der Waals surface area contributed by atoms with E-state index in [4.69, 9.17) is 10.5 Å². The average Bonchev–Trinajstić information content (AvgIpc) is 2.24. The fourth-order valence-electron chi connectivity index (χ4n) is 2.50. The van der Waals surface area contributed by atoms with Gasteiger partial charge in [-0.1, -0.05) is 0 Å². The molecule has 116 valence electrons. The number of rotatable bonds is 4. The second-order valence-electron chi connectivity index (χ2n) is 6.42. The molecule has 0 aromatic carbocycles. The minimum Gasteiger partial charge on any atom is -0.469 e. The topological polar surface area (TPSA) is 81.9 Å². The van der Waals surface area contributed by atoms with Crippen molar-refractivity contribution >= 4 is 11.9 Å². The van der Waals surface area contributed by atoms with Gasteiger partial charge < -0.3 is 15.2 Å². The van der Waals surface area contributed by atoms with E-state index in [0.29, 0.717) is 19.5 Å². The summed E-state index contributed by atoms with van der Waals surface area (Å²) < 4.78 is 9.98. The highest BCUT2D eigenvalue weighted by Gasteiger charge is 2.29. The van der Waals surface area contributed by atoms with Crippen LogP contribution in [0.5, 0.6) is 0 Å². The molecule has 1 heterocycles. The minimum atomic E-state index is -0.486. The number of esters is 2. The van der Waals surface area contributed by atoms with Gasteiger partial charge in [0, 0.05) is 25.6 Å². The normalized spacial score (nSPS) is 24.2. The fourth-order valence-corrected chi connectivity index (χ4v) is 2.50. The van der Waals surface area contributed by atoms with E-state index >= 15 is 0 Å². The van der Waals surface area contributed by atoms with Crippen LogP contribution in [0.25, 0.3) is 0 Å². The van der Waals surface area contributed by atoms with Crippen LogP contribution in [0, 0.1) is 5.92 Å². The Hall–Kier alpha value is -1.14. The van der Waals surface area contributed by atoms with Gasteiger partial charge in [-0.05, 0) is 33.1 Å². The molecule has 1 aliphatic rings. The molecule has 1 fully saturated rings. The first-order valence-electron chi connectivity index (χ1n) is 6.96. The lowest BCUT2D eigenvalue weighted by Gasteiger charge is -2.35. The molecule has 0 bridgehead atoms. The van der Waals surface area contributed by atoms with Crippen molar-refractivity contribution < 1.29 is 19.1 Å². The molecule has 6 nitrogen and oxygen atoms in total. The van der Waals surface area contributed by atoms with Gasteiger partial charge in [0.15, 0.2) is 0 Å². The molecule has 1 rings (SSSR count). The number of piperidine rings is 1. The Morgan fingerprint density at radius 1 is 1.25 bits per heavy atom. The van der Waals surface area contributed by atoms with Gasteiger partial charge in [-0.15, -0.1) is 0 Å². The van der Waals surface area contributed by atoms with Gasteiger partial charge in [0.05, 0.1) is 13.7 Å². The monoisotopic (exact) mass is 286 g/mol. The predicted octanol–water partition coefficient (Wildman–Crippen LogP) is 0.540. The third kappa shape index (κ3) is 6.34. The summed E-state index contributed by atoms with van der Waals surface area (Å²) in [5, 5.41) is 0. The number of ether oxygens (including phenoxy) is 2. The highest BCUT2D eigenvalue weighted by molar-refractivity contribution is 5.72. The second kappa shape index (κ2) is 7.04. The summed E-state index contributed by atoms with van der Waals surface area (Å²) in [7, 11) is 1.38. The van der Waals surface area contributed by atoms with Crippen LogP contribution >= 0.6 is 0 Å². The average molecular weight is 286 g/mol. The van der Waals surface area contributed by atoms with E-state index in [1.165, 1.54) is 7.11 Å². The summed E-state index contributed by atoms with van der Waals surface area (Å²) in [6, 6.07) is -0.0270. The van der Waals surface area contributed by atoms with Crippen LogP contribution in [0.4, 0.5) is 0 Å². The largest absolute Gasteiger partial charge is 0.469 e. The van der Waals surface area contributed by atoms with E-state index in [2.05, 4.69) is 4.74 Å². The number of methoxy groups -OCH3 is 1. The van der Waals surface area contributed by atoms with Gasteiger partial charge in [0.25, 0.3) is 0 Å². The van der Waals surface area contributed by atoms with E-state index in [1.807, 2.05) is 25.7 Å². The van der Waals surface area contributed by atoms with Crippen LogP contribution in [0.3, 0.4) is 0 Å². The van der Waals surface area contributed by atoms with E-state index in [9.17, 15) is 9.59 Å². The molecule has 2 N–H and O–H groups in total. The molecule has 2 unspecified atom stereocenters. The first-order valence-corrected chi connectivity index (χ1v) is 6.96. The maximum Gasteiger partial charge on any atom is 0.320 e. The lowest BCUT2D eigenvalue weighted by Crippen LogP contribution is -2.49. The van der Waals surface area contributed by atoms with Crippen molar-refractivity contribution in [1.29, 1.82) is 0 Å². The van der Waals surface area contributed by atoms with E-state index in [1.54, 1.807) is 0 Å². The molecule has 1 aliphatic heterocycles. The van der Waals surface area contributed by atoms with Crippen LogP contribution in [0.15, 0.2) is 0 Å². The minimum absolute atomic E-state index is 0.0270. The summed E-state index contributed by atoms with van der Waals surface area (Å²) in [6.07, 6.45) is 1.12. The van der Waals surface area contributed by atoms with Crippen LogP contribution in [0.2, 0.25) is 0 Å².